The Hall–Kier alpha value is -0.770. The minimum absolute atomic E-state index is 0.102. The van der Waals surface area contributed by atoms with Crippen molar-refractivity contribution in [3.05, 3.63) is 0 Å². The lowest BCUT2D eigenvalue weighted by Crippen LogP contribution is -2.59. The number of aliphatic hydroxyl groups excluding tert-OH is 4. The van der Waals surface area contributed by atoms with Crippen molar-refractivity contribution < 1.29 is 39.4 Å². The van der Waals surface area contributed by atoms with E-state index in [4.69, 9.17) is 14.2 Å². The number of ether oxygens (including phenoxy) is 3. The van der Waals surface area contributed by atoms with Gasteiger partial charge >= 0.3 is 5.97 Å². The molecule has 2 aliphatic heterocycles. The molecule has 0 unspecified atom stereocenters. The third-order valence-electron chi connectivity index (χ3n) is 5.08. The minimum atomic E-state index is -1.45. The lowest BCUT2D eigenvalue weighted by atomic mass is 9.98. The van der Waals surface area contributed by atoms with Crippen LogP contribution in [0.15, 0.2) is 0 Å². The van der Waals surface area contributed by atoms with Gasteiger partial charge in [0.1, 0.15) is 30.5 Å². The molecule has 0 radical (unpaired) electrons. The molecular formula is C18H32O8. The molecule has 0 aliphatic carbocycles. The van der Waals surface area contributed by atoms with Crippen LogP contribution in [0.25, 0.3) is 0 Å². The molecule has 26 heavy (non-hydrogen) atoms. The van der Waals surface area contributed by atoms with Gasteiger partial charge in [0.05, 0.1) is 12.7 Å². The molecule has 0 aromatic heterocycles. The molecule has 8 heteroatoms. The Balaban J connectivity index is 1.91. The normalized spacial score (nSPS) is 36.1. The van der Waals surface area contributed by atoms with Crippen LogP contribution in [-0.2, 0) is 19.0 Å². The summed E-state index contributed by atoms with van der Waals surface area (Å²) >= 11 is 0. The summed E-state index contributed by atoms with van der Waals surface area (Å²) < 4.78 is 16.6. The van der Waals surface area contributed by atoms with Gasteiger partial charge in [-0.15, -0.1) is 0 Å². The van der Waals surface area contributed by atoms with Gasteiger partial charge in [-0.05, 0) is 25.7 Å². The summed E-state index contributed by atoms with van der Waals surface area (Å²) in [7, 11) is 0. The molecule has 2 heterocycles. The first-order chi connectivity index (χ1) is 12.5. The van der Waals surface area contributed by atoms with Crippen LogP contribution in [0.5, 0.6) is 0 Å². The predicted molar refractivity (Wildman–Crippen MR) is 91.1 cm³/mol. The third-order valence-corrected chi connectivity index (χ3v) is 5.08. The van der Waals surface area contributed by atoms with Crippen LogP contribution < -0.4 is 0 Å². The second kappa shape index (κ2) is 10.5. The number of hydrogen-bond donors (Lipinski definition) is 4. The largest absolute Gasteiger partial charge is 0.462 e. The van der Waals surface area contributed by atoms with Gasteiger partial charge in [0.15, 0.2) is 6.29 Å². The molecule has 2 saturated heterocycles. The Labute approximate surface area is 154 Å². The van der Waals surface area contributed by atoms with E-state index in [1.54, 1.807) is 0 Å². The van der Waals surface area contributed by atoms with Gasteiger partial charge in [0.25, 0.3) is 0 Å². The first-order valence-electron chi connectivity index (χ1n) is 9.61. The maximum atomic E-state index is 11.2. The van der Waals surface area contributed by atoms with Crippen molar-refractivity contribution in [1.29, 1.82) is 0 Å². The predicted octanol–water partition coefficient (Wildman–Crippen LogP) is 0.238. The Kier molecular flexibility index (Phi) is 8.72. The first-order valence-corrected chi connectivity index (χ1v) is 9.61. The molecular weight excluding hydrogens is 344 g/mol. The van der Waals surface area contributed by atoms with E-state index in [0.717, 1.165) is 25.7 Å². The number of aliphatic hydroxyl groups is 4. The van der Waals surface area contributed by atoms with Crippen molar-refractivity contribution >= 4 is 5.97 Å². The van der Waals surface area contributed by atoms with Crippen molar-refractivity contribution in [3.8, 4) is 0 Å². The van der Waals surface area contributed by atoms with Gasteiger partial charge in [-0.2, -0.15) is 0 Å². The van der Waals surface area contributed by atoms with Crippen LogP contribution in [0.2, 0.25) is 0 Å². The van der Waals surface area contributed by atoms with E-state index in [2.05, 4.69) is 6.92 Å². The van der Waals surface area contributed by atoms with E-state index in [9.17, 15) is 25.2 Å². The summed E-state index contributed by atoms with van der Waals surface area (Å²) in [6.45, 7) is 1.62. The van der Waals surface area contributed by atoms with Crippen LogP contribution in [0.3, 0.4) is 0 Å². The molecule has 7 atom stereocenters. The molecule has 0 bridgehead atoms. The van der Waals surface area contributed by atoms with Gasteiger partial charge < -0.3 is 34.6 Å². The number of rotatable bonds is 10. The monoisotopic (exact) mass is 376 g/mol. The maximum absolute atomic E-state index is 11.2. The standard InChI is InChI=1S/C18H32O8/c1-2-3-4-5-11(6-7-12-8-9-14(20)24-12)25-18-17(23)16(22)15(21)13(10-19)26-18/h11-13,15-19,21-23H,2-10H2,1H3/t11-,12+,13-,15-,16+,17-,18-/m1/s1. The fourth-order valence-electron chi connectivity index (χ4n) is 3.43. The molecule has 2 aliphatic rings. The van der Waals surface area contributed by atoms with Gasteiger partial charge in [0, 0.05) is 6.42 Å². The van der Waals surface area contributed by atoms with Crippen LogP contribution >= 0.6 is 0 Å². The van der Waals surface area contributed by atoms with Gasteiger partial charge in [0.2, 0.25) is 0 Å². The first kappa shape index (κ1) is 21.5. The smallest absolute Gasteiger partial charge is 0.306 e. The Morgan fingerprint density at radius 2 is 1.92 bits per heavy atom. The zero-order chi connectivity index (χ0) is 19.1. The molecule has 0 aromatic carbocycles. The van der Waals surface area contributed by atoms with E-state index in [1.807, 2.05) is 0 Å². The number of esters is 1. The molecule has 8 nitrogen and oxygen atoms in total. The molecule has 2 rings (SSSR count). The van der Waals surface area contributed by atoms with E-state index in [0.29, 0.717) is 25.7 Å². The summed E-state index contributed by atoms with van der Waals surface area (Å²) in [5.41, 5.74) is 0. The van der Waals surface area contributed by atoms with E-state index < -0.39 is 37.3 Å². The van der Waals surface area contributed by atoms with E-state index in [-0.39, 0.29) is 18.2 Å². The number of hydrogen-bond acceptors (Lipinski definition) is 8. The Morgan fingerprint density at radius 1 is 1.15 bits per heavy atom. The lowest BCUT2D eigenvalue weighted by Gasteiger charge is -2.41. The van der Waals surface area contributed by atoms with Crippen molar-refractivity contribution in [2.24, 2.45) is 0 Å². The van der Waals surface area contributed by atoms with Crippen molar-refractivity contribution in [1.82, 2.24) is 0 Å². The SMILES string of the molecule is CCCCC[C@H](CC[C@H]1CCC(=O)O1)O[C@@H]1O[C@H](CO)[C@@H](O)[C@H](O)[C@H]1O. The van der Waals surface area contributed by atoms with E-state index >= 15 is 0 Å². The van der Waals surface area contributed by atoms with Crippen LogP contribution in [0, 0.1) is 0 Å². The summed E-state index contributed by atoms with van der Waals surface area (Å²) in [5.74, 6) is -0.174. The quantitative estimate of drug-likeness (QED) is 0.316. The van der Waals surface area contributed by atoms with Crippen LogP contribution in [0.1, 0.15) is 58.3 Å². The van der Waals surface area contributed by atoms with Gasteiger partial charge in [-0.3, -0.25) is 4.79 Å². The number of carbonyl (C=O) groups excluding carboxylic acids is 1. The molecule has 152 valence electrons. The Morgan fingerprint density at radius 3 is 2.54 bits per heavy atom. The minimum Gasteiger partial charge on any atom is -0.462 e. The summed E-state index contributed by atoms with van der Waals surface area (Å²) in [4.78, 5) is 11.2. The zero-order valence-corrected chi connectivity index (χ0v) is 15.3. The molecule has 4 N–H and O–H groups in total. The molecule has 0 aromatic rings. The second-order valence-corrected chi connectivity index (χ2v) is 7.18. The fraction of sp³-hybridized carbons (Fsp3) is 0.944. The van der Waals surface area contributed by atoms with Crippen molar-refractivity contribution in [2.75, 3.05) is 6.61 Å². The maximum Gasteiger partial charge on any atom is 0.306 e. The molecule has 0 spiro atoms. The van der Waals surface area contributed by atoms with E-state index in [1.165, 1.54) is 0 Å². The van der Waals surface area contributed by atoms with Gasteiger partial charge in [-0.1, -0.05) is 26.2 Å². The molecule has 0 amide bonds. The highest BCUT2D eigenvalue weighted by Crippen LogP contribution is 2.27. The number of cyclic esters (lactones) is 1. The lowest BCUT2D eigenvalue weighted by molar-refractivity contribution is -0.312. The average molecular weight is 376 g/mol. The van der Waals surface area contributed by atoms with Gasteiger partial charge in [-0.25, -0.2) is 0 Å². The number of unbranched alkanes of at least 4 members (excludes halogenated alkanes) is 2. The second-order valence-electron chi connectivity index (χ2n) is 7.18. The van der Waals surface area contributed by atoms with Crippen LogP contribution in [-0.4, -0.2) is 75.9 Å². The summed E-state index contributed by atoms with van der Waals surface area (Å²) in [5, 5.41) is 39.2. The molecule has 2 fully saturated rings. The average Bonchev–Trinajstić information content (AvgIpc) is 3.05. The fourth-order valence-corrected chi connectivity index (χ4v) is 3.43. The van der Waals surface area contributed by atoms with Crippen LogP contribution in [0.4, 0.5) is 0 Å². The topological polar surface area (TPSA) is 126 Å². The third kappa shape index (κ3) is 5.87. The highest BCUT2D eigenvalue weighted by molar-refractivity contribution is 5.71. The van der Waals surface area contributed by atoms with Crippen molar-refractivity contribution in [2.45, 2.75) is 101 Å². The summed E-state index contributed by atoms with van der Waals surface area (Å²) in [6, 6.07) is 0. The highest BCUT2D eigenvalue weighted by atomic mass is 16.7. The Bertz CT molecular complexity index is 429. The van der Waals surface area contributed by atoms with Crippen molar-refractivity contribution in [3.63, 3.8) is 0 Å². The summed E-state index contributed by atoms with van der Waals surface area (Å²) in [6.07, 6.45) is -0.414. The highest BCUT2D eigenvalue weighted by Gasteiger charge is 2.44. The zero-order valence-electron chi connectivity index (χ0n) is 15.3. The molecule has 0 saturated carbocycles. The number of carbonyl (C=O) groups is 1.